The molecular weight excluding hydrogens is 292 g/mol. The van der Waals surface area contributed by atoms with E-state index in [0.717, 1.165) is 13.1 Å². The monoisotopic (exact) mass is 316 g/mol. The van der Waals surface area contributed by atoms with E-state index < -0.39 is 0 Å². The Balaban J connectivity index is 1.82. The summed E-state index contributed by atoms with van der Waals surface area (Å²) in [5.41, 5.74) is 9.05. The second-order valence-corrected chi connectivity index (χ2v) is 7.91. The molecule has 0 bridgehead atoms. The average Bonchev–Trinajstić information content (AvgIpc) is 3.04. The standard InChI is InChI=1S/C22H24N2/c1-15-11-17-18-13-23(3)10-9-20(18)24-14-22(2,19(12-15)21(17)24)16-7-5-4-6-8-16/h4-8,11-12H,9-10,13-14H2,1-3H3. The van der Waals surface area contributed by atoms with Gasteiger partial charge in [-0.1, -0.05) is 42.0 Å². The van der Waals surface area contributed by atoms with Crippen molar-refractivity contribution in [2.45, 2.75) is 38.8 Å². The lowest BCUT2D eigenvalue weighted by molar-refractivity contribution is 0.308. The number of hydrogen-bond donors (Lipinski definition) is 0. The maximum atomic E-state index is 2.64. The minimum absolute atomic E-state index is 0.0826. The lowest BCUT2D eigenvalue weighted by Crippen LogP contribution is -2.30. The van der Waals surface area contributed by atoms with Crippen LogP contribution in [0.4, 0.5) is 0 Å². The molecule has 2 aliphatic rings. The van der Waals surface area contributed by atoms with Gasteiger partial charge < -0.3 is 9.47 Å². The van der Waals surface area contributed by atoms with Crippen LogP contribution in [0.3, 0.4) is 0 Å². The largest absolute Gasteiger partial charge is 0.343 e. The molecule has 24 heavy (non-hydrogen) atoms. The van der Waals surface area contributed by atoms with Crippen LogP contribution in [0.15, 0.2) is 42.5 Å². The van der Waals surface area contributed by atoms with Crippen LogP contribution in [-0.2, 0) is 24.9 Å². The van der Waals surface area contributed by atoms with Gasteiger partial charge in [0.05, 0.1) is 5.52 Å². The maximum Gasteiger partial charge on any atom is 0.0528 e. The number of aryl methyl sites for hydroxylation is 1. The first-order valence-corrected chi connectivity index (χ1v) is 8.97. The predicted octanol–water partition coefficient (Wildman–Crippen LogP) is 4.26. The minimum Gasteiger partial charge on any atom is -0.343 e. The summed E-state index contributed by atoms with van der Waals surface area (Å²) in [5.74, 6) is 0. The van der Waals surface area contributed by atoms with E-state index >= 15 is 0 Å². The molecule has 0 amide bonds. The number of rotatable bonds is 1. The van der Waals surface area contributed by atoms with E-state index in [9.17, 15) is 0 Å². The Morgan fingerprint density at radius 2 is 1.88 bits per heavy atom. The maximum absolute atomic E-state index is 2.64. The van der Waals surface area contributed by atoms with E-state index in [1.54, 1.807) is 11.3 Å². The molecule has 2 aliphatic heterocycles. The van der Waals surface area contributed by atoms with Gasteiger partial charge in [-0.15, -0.1) is 0 Å². The van der Waals surface area contributed by atoms with Crippen LogP contribution < -0.4 is 0 Å². The molecule has 2 heteroatoms. The zero-order valence-corrected chi connectivity index (χ0v) is 14.8. The molecule has 0 saturated heterocycles. The highest BCUT2D eigenvalue weighted by atomic mass is 15.1. The molecule has 0 N–H and O–H groups in total. The fourth-order valence-corrected chi connectivity index (χ4v) is 4.91. The third-order valence-corrected chi connectivity index (χ3v) is 6.16. The van der Waals surface area contributed by atoms with E-state index in [1.165, 1.54) is 40.6 Å². The summed E-state index contributed by atoms with van der Waals surface area (Å²) >= 11 is 0. The van der Waals surface area contributed by atoms with Crippen LogP contribution in [0.2, 0.25) is 0 Å². The average molecular weight is 316 g/mol. The van der Waals surface area contributed by atoms with E-state index in [-0.39, 0.29) is 5.41 Å². The van der Waals surface area contributed by atoms with Crippen LogP contribution in [0, 0.1) is 6.92 Å². The normalized spacial score (nSPS) is 23.0. The van der Waals surface area contributed by atoms with Gasteiger partial charge in [0.2, 0.25) is 0 Å². The highest BCUT2D eigenvalue weighted by Crippen LogP contribution is 2.47. The lowest BCUT2D eigenvalue weighted by atomic mass is 9.76. The summed E-state index contributed by atoms with van der Waals surface area (Å²) in [6, 6.07) is 15.9. The zero-order valence-electron chi connectivity index (χ0n) is 14.8. The van der Waals surface area contributed by atoms with E-state index in [4.69, 9.17) is 0 Å². The zero-order chi connectivity index (χ0) is 16.5. The number of nitrogens with zero attached hydrogens (tertiary/aromatic N) is 2. The van der Waals surface area contributed by atoms with Gasteiger partial charge in [-0.3, -0.25) is 0 Å². The Labute approximate surface area is 143 Å². The van der Waals surface area contributed by atoms with Gasteiger partial charge in [0.1, 0.15) is 0 Å². The van der Waals surface area contributed by atoms with Crippen molar-refractivity contribution in [1.29, 1.82) is 0 Å². The third-order valence-electron chi connectivity index (χ3n) is 6.16. The van der Waals surface area contributed by atoms with Crippen LogP contribution in [0.5, 0.6) is 0 Å². The van der Waals surface area contributed by atoms with Gasteiger partial charge in [0.25, 0.3) is 0 Å². The van der Waals surface area contributed by atoms with Crippen molar-refractivity contribution in [1.82, 2.24) is 9.47 Å². The molecule has 1 unspecified atom stereocenters. The molecule has 0 spiro atoms. The van der Waals surface area contributed by atoms with Gasteiger partial charge >= 0.3 is 0 Å². The summed E-state index contributed by atoms with van der Waals surface area (Å²) in [5, 5.41) is 1.49. The predicted molar refractivity (Wildman–Crippen MR) is 99.6 cm³/mol. The molecular formula is C22H24N2. The summed E-state index contributed by atoms with van der Waals surface area (Å²) < 4.78 is 2.64. The Bertz CT molecular complexity index is 951. The van der Waals surface area contributed by atoms with Crippen LogP contribution >= 0.6 is 0 Å². The molecule has 0 fully saturated rings. The molecule has 2 nitrogen and oxygen atoms in total. The molecule has 0 radical (unpaired) electrons. The molecule has 5 rings (SSSR count). The van der Waals surface area contributed by atoms with Crippen molar-refractivity contribution < 1.29 is 0 Å². The fraction of sp³-hybridized carbons (Fsp3) is 0.364. The van der Waals surface area contributed by atoms with Crippen LogP contribution in [0.25, 0.3) is 10.9 Å². The smallest absolute Gasteiger partial charge is 0.0528 e. The molecule has 0 aliphatic carbocycles. The van der Waals surface area contributed by atoms with Gasteiger partial charge in [0.15, 0.2) is 0 Å². The molecule has 0 saturated carbocycles. The number of aromatic nitrogens is 1. The van der Waals surface area contributed by atoms with Crippen LogP contribution in [-0.4, -0.2) is 23.1 Å². The molecule has 2 aromatic carbocycles. The van der Waals surface area contributed by atoms with E-state index in [2.05, 4.69) is 72.8 Å². The number of likely N-dealkylation sites (N-methyl/N-ethyl adjacent to an activating group) is 1. The van der Waals surface area contributed by atoms with Crippen LogP contribution in [0.1, 0.15) is 34.9 Å². The third kappa shape index (κ3) is 1.75. The lowest BCUT2D eigenvalue weighted by Gasteiger charge is -2.29. The topological polar surface area (TPSA) is 8.17 Å². The fourth-order valence-electron chi connectivity index (χ4n) is 4.91. The Hall–Kier alpha value is -2.06. The highest BCUT2D eigenvalue weighted by molar-refractivity contribution is 5.92. The van der Waals surface area contributed by atoms with Crippen molar-refractivity contribution >= 4 is 10.9 Å². The Morgan fingerprint density at radius 1 is 1.08 bits per heavy atom. The van der Waals surface area contributed by atoms with E-state index in [1.807, 2.05) is 0 Å². The molecule has 3 aromatic rings. The van der Waals surface area contributed by atoms with Gasteiger partial charge in [0, 0.05) is 42.6 Å². The SMILES string of the molecule is Cc1cc2c3c(c1)c1c(n3CC2(C)c2ccccc2)CCN(C)C1. The number of fused-ring (bicyclic) bond motifs is 3. The summed E-state index contributed by atoms with van der Waals surface area (Å²) in [6.45, 7) is 8.00. The van der Waals surface area contributed by atoms with Gasteiger partial charge in [-0.2, -0.15) is 0 Å². The number of benzene rings is 2. The number of hydrogen-bond acceptors (Lipinski definition) is 1. The summed E-state index contributed by atoms with van der Waals surface area (Å²) in [7, 11) is 2.24. The first-order chi connectivity index (χ1) is 11.6. The van der Waals surface area contributed by atoms with Gasteiger partial charge in [-0.25, -0.2) is 0 Å². The van der Waals surface area contributed by atoms with Crippen molar-refractivity contribution in [3.05, 3.63) is 70.4 Å². The van der Waals surface area contributed by atoms with E-state index in [0.29, 0.717) is 0 Å². The van der Waals surface area contributed by atoms with Gasteiger partial charge in [-0.05, 0) is 43.7 Å². The first kappa shape index (κ1) is 14.3. The molecule has 1 atom stereocenters. The summed E-state index contributed by atoms with van der Waals surface area (Å²) in [6.07, 6.45) is 1.17. The van der Waals surface area contributed by atoms with Crippen molar-refractivity contribution in [2.24, 2.45) is 0 Å². The van der Waals surface area contributed by atoms with Crippen molar-refractivity contribution in [3.63, 3.8) is 0 Å². The van der Waals surface area contributed by atoms with Crippen molar-refractivity contribution in [2.75, 3.05) is 13.6 Å². The molecule has 1 aromatic heterocycles. The quantitative estimate of drug-likeness (QED) is 0.651. The Kier molecular flexibility index (Phi) is 2.82. The molecule has 3 heterocycles. The molecule has 122 valence electrons. The Morgan fingerprint density at radius 3 is 2.67 bits per heavy atom. The summed E-state index contributed by atoms with van der Waals surface area (Å²) in [4.78, 5) is 2.45. The van der Waals surface area contributed by atoms with Crippen molar-refractivity contribution in [3.8, 4) is 0 Å². The minimum atomic E-state index is 0.0826. The second kappa shape index (κ2) is 4.73. The second-order valence-electron chi connectivity index (χ2n) is 7.91. The highest BCUT2D eigenvalue weighted by Gasteiger charge is 2.40. The first-order valence-electron chi connectivity index (χ1n) is 8.97.